The molecule has 7 heteroatoms. The molecule has 1 N–H and O–H groups in total. The van der Waals surface area contributed by atoms with E-state index in [4.69, 9.17) is 9.47 Å². The van der Waals surface area contributed by atoms with E-state index in [1.165, 1.54) is 37.6 Å². The van der Waals surface area contributed by atoms with Gasteiger partial charge in [-0.2, -0.15) is 0 Å². The quantitative estimate of drug-likeness (QED) is 0.869. The lowest BCUT2D eigenvalue weighted by Gasteiger charge is -2.24. The topological polar surface area (TPSA) is 82.5 Å². The van der Waals surface area contributed by atoms with Gasteiger partial charge in [0, 0.05) is 35.9 Å². The molecule has 3 rings (SSSR count). The Labute approximate surface area is 145 Å². The van der Waals surface area contributed by atoms with Gasteiger partial charge in [-0.05, 0) is 12.8 Å². The molecule has 1 aromatic carbocycles. The van der Waals surface area contributed by atoms with E-state index in [9.17, 15) is 9.59 Å². The standard InChI is InChI=1S/C18H21N3O4/c1-24-14-6-13(7-15(8-14)25-2)20-17(22)10-21-11-19-16(9-18(21)23)12-4-3-5-12/h6-9,11-12H,3-5,10H2,1-2H3,(H,20,22). The zero-order chi connectivity index (χ0) is 17.8. The van der Waals surface area contributed by atoms with Crippen LogP contribution >= 0.6 is 0 Å². The summed E-state index contributed by atoms with van der Waals surface area (Å²) in [7, 11) is 3.07. The van der Waals surface area contributed by atoms with Crippen LogP contribution in [0.1, 0.15) is 30.9 Å². The molecule has 0 unspecified atom stereocenters. The smallest absolute Gasteiger partial charge is 0.254 e. The molecule has 1 aromatic heterocycles. The Hall–Kier alpha value is -2.83. The minimum absolute atomic E-state index is 0.101. The molecule has 132 valence electrons. The largest absolute Gasteiger partial charge is 0.497 e. The Balaban J connectivity index is 1.69. The maximum Gasteiger partial charge on any atom is 0.254 e. The lowest BCUT2D eigenvalue weighted by atomic mass is 9.83. The average molecular weight is 343 g/mol. The highest BCUT2D eigenvalue weighted by Gasteiger charge is 2.21. The summed E-state index contributed by atoms with van der Waals surface area (Å²) in [4.78, 5) is 28.7. The predicted octanol–water partition coefficient (Wildman–Crippen LogP) is 2.17. The van der Waals surface area contributed by atoms with E-state index < -0.39 is 0 Å². The highest BCUT2D eigenvalue weighted by atomic mass is 16.5. The number of ether oxygens (including phenoxy) is 2. The number of carbonyl (C=O) groups excluding carboxylic acids is 1. The molecule has 1 fully saturated rings. The normalized spacial score (nSPS) is 13.8. The predicted molar refractivity (Wildman–Crippen MR) is 93.3 cm³/mol. The lowest BCUT2D eigenvalue weighted by molar-refractivity contribution is -0.116. The Bertz CT molecular complexity index is 805. The fourth-order valence-corrected chi connectivity index (χ4v) is 2.72. The summed E-state index contributed by atoms with van der Waals surface area (Å²) >= 11 is 0. The third-order valence-corrected chi connectivity index (χ3v) is 4.37. The van der Waals surface area contributed by atoms with Gasteiger partial charge < -0.3 is 14.8 Å². The van der Waals surface area contributed by atoms with E-state index in [0.29, 0.717) is 23.1 Å². The van der Waals surface area contributed by atoms with Gasteiger partial charge in [0.25, 0.3) is 5.56 Å². The minimum atomic E-state index is -0.324. The van der Waals surface area contributed by atoms with Crippen LogP contribution in [0.4, 0.5) is 5.69 Å². The molecule has 1 aliphatic carbocycles. The molecule has 7 nitrogen and oxygen atoms in total. The van der Waals surface area contributed by atoms with E-state index in [1.54, 1.807) is 18.2 Å². The third kappa shape index (κ3) is 3.99. The summed E-state index contributed by atoms with van der Waals surface area (Å²) in [6, 6.07) is 6.61. The van der Waals surface area contributed by atoms with Crippen molar-refractivity contribution in [1.82, 2.24) is 9.55 Å². The number of hydrogen-bond donors (Lipinski definition) is 1. The van der Waals surface area contributed by atoms with Crippen LogP contribution in [-0.2, 0) is 11.3 Å². The average Bonchev–Trinajstić information content (AvgIpc) is 2.55. The summed E-state index contributed by atoms with van der Waals surface area (Å²) < 4.78 is 11.6. The first-order chi connectivity index (χ1) is 12.1. The van der Waals surface area contributed by atoms with Crippen LogP contribution < -0.4 is 20.3 Å². The second-order valence-electron chi connectivity index (χ2n) is 6.06. The van der Waals surface area contributed by atoms with Crippen molar-refractivity contribution < 1.29 is 14.3 Å². The van der Waals surface area contributed by atoms with Gasteiger partial charge in [0.1, 0.15) is 18.0 Å². The maximum absolute atomic E-state index is 12.2. The molecule has 25 heavy (non-hydrogen) atoms. The van der Waals surface area contributed by atoms with Crippen LogP contribution in [0.15, 0.2) is 35.4 Å². The molecule has 0 radical (unpaired) electrons. The zero-order valence-corrected chi connectivity index (χ0v) is 14.3. The lowest BCUT2D eigenvalue weighted by Crippen LogP contribution is -2.28. The van der Waals surface area contributed by atoms with Crippen LogP contribution in [-0.4, -0.2) is 29.7 Å². The van der Waals surface area contributed by atoms with Crippen molar-refractivity contribution in [3.05, 3.63) is 46.6 Å². The van der Waals surface area contributed by atoms with Crippen LogP contribution in [0.5, 0.6) is 11.5 Å². The van der Waals surface area contributed by atoms with E-state index in [0.717, 1.165) is 18.5 Å². The second-order valence-corrected chi connectivity index (χ2v) is 6.06. The van der Waals surface area contributed by atoms with Crippen molar-refractivity contribution in [2.45, 2.75) is 31.7 Å². The Kier molecular flexibility index (Phi) is 5.02. The summed E-state index contributed by atoms with van der Waals surface area (Å²) in [6.07, 6.45) is 4.78. The third-order valence-electron chi connectivity index (χ3n) is 4.37. The summed E-state index contributed by atoms with van der Waals surface area (Å²) in [6.45, 7) is -0.101. The van der Waals surface area contributed by atoms with Crippen molar-refractivity contribution >= 4 is 11.6 Å². The summed E-state index contributed by atoms with van der Waals surface area (Å²) in [5.41, 5.74) is 1.15. The van der Waals surface area contributed by atoms with Crippen molar-refractivity contribution in [1.29, 1.82) is 0 Å². The van der Waals surface area contributed by atoms with E-state index in [2.05, 4.69) is 10.3 Å². The van der Waals surface area contributed by atoms with Crippen molar-refractivity contribution in [2.24, 2.45) is 0 Å². The fourth-order valence-electron chi connectivity index (χ4n) is 2.72. The Morgan fingerprint density at radius 2 is 1.88 bits per heavy atom. The first kappa shape index (κ1) is 17.0. The van der Waals surface area contributed by atoms with Crippen LogP contribution in [0.2, 0.25) is 0 Å². The van der Waals surface area contributed by atoms with Crippen molar-refractivity contribution in [3.63, 3.8) is 0 Å². The van der Waals surface area contributed by atoms with Gasteiger partial charge in [0.05, 0.1) is 26.2 Å². The van der Waals surface area contributed by atoms with Crippen LogP contribution in [0, 0.1) is 0 Å². The number of benzene rings is 1. The van der Waals surface area contributed by atoms with Gasteiger partial charge in [-0.15, -0.1) is 0 Å². The van der Waals surface area contributed by atoms with E-state index in [1.807, 2.05) is 0 Å². The van der Waals surface area contributed by atoms with Crippen molar-refractivity contribution in [2.75, 3.05) is 19.5 Å². The van der Waals surface area contributed by atoms with Crippen LogP contribution in [0.25, 0.3) is 0 Å². The number of nitrogens with one attached hydrogen (secondary N) is 1. The molecule has 1 amide bonds. The number of nitrogens with zero attached hydrogens (tertiary/aromatic N) is 2. The molecular formula is C18H21N3O4. The molecule has 0 aliphatic heterocycles. The molecule has 1 aliphatic rings. The van der Waals surface area contributed by atoms with Crippen molar-refractivity contribution in [3.8, 4) is 11.5 Å². The number of anilines is 1. The van der Waals surface area contributed by atoms with Gasteiger partial charge in [-0.25, -0.2) is 4.98 Å². The summed E-state index contributed by atoms with van der Waals surface area (Å²) in [5, 5.41) is 2.74. The number of amides is 1. The summed E-state index contributed by atoms with van der Waals surface area (Å²) in [5.74, 6) is 1.20. The molecule has 0 bridgehead atoms. The van der Waals surface area contributed by atoms with Gasteiger partial charge >= 0.3 is 0 Å². The molecular weight excluding hydrogens is 322 g/mol. The number of carbonyl (C=O) groups is 1. The monoisotopic (exact) mass is 343 g/mol. The number of rotatable bonds is 6. The highest BCUT2D eigenvalue weighted by molar-refractivity contribution is 5.91. The van der Waals surface area contributed by atoms with Gasteiger partial charge in [0.15, 0.2) is 0 Å². The van der Waals surface area contributed by atoms with Gasteiger partial charge in [-0.3, -0.25) is 14.2 Å². The zero-order valence-electron chi connectivity index (χ0n) is 14.3. The molecule has 0 atom stereocenters. The maximum atomic E-state index is 12.2. The first-order valence-electron chi connectivity index (χ1n) is 8.18. The molecule has 1 heterocycles. The SMILES string of the molecule is COc1cc(NC(=O)Cn2cnc(C3CCC3)cc2=O)cc(OC)c1. The van der Waals surface area contributed by atoms with Gasteiger partial charge in [-0.1, -0.05) is 6.42 Å². The number of hydrogen-bond acceptors (Lipinski definition) is 5. The minimum Gasteiger partial charge on any atom is -0.497 e. The molecule has 0 saturated heterocycles. The Morgan fingerprint density at radius 1 is 1.20 bits per heavy atom. The molecule has 0 spiro atoms. The van der Waals surface area contributed by atoms with Crippen LogP contribution in [0.3, 0.4) is 0 Å². The highest BCUT2D eigenvalue weighted by Crippen LogP contribution is 2.34. The fraction of sp³-hybridized carbons (Fsp3) is 0.389. The number of aromatic nitrogens is 2. The molecule has 1 saturated carbocycles. The van der Waals surface area contributed by atoms with E-state index >= 15 is 0 Å². The van der Waals surface area contributed by atoms with E-state index in [-0.39, 0.29) is 18.0 Å². The second kappa shape index (κ2) is 7.38. The first-order valence-corrected chi connectivity index (χ1v) is 8.18. The Morgan fingerprint density at radius 3 is 2.40 bits per heavy atom. The van der Waals surface area contributed by atoms with Gasteiger partial charge in [0.2, 0.25) is 5.91 Å². The number of methoxy groups -OCH3 is 2. The molecule has 2 aromatic rings.